The summed E-state index contributed by atoms with van der Waals surface area (Å²) >= 11 is 5.59. The lowest BCUT2D eigenvalue weighted by Crippen LogP contribution is -2.32. The highest BCUT2D eigenvalue weighted by Crippen LogP contribution is 2.12. The third kappa shape index (κ3) is 2.85. The molecule has 0 radical (unpaired) electrons. The van der Waals surface area contributed by atoms with Gasteiger partial charge in [0.2, 0.25) is 0 Å². The van der Waals surface area contributed by atoms with Crippen molar-refractivity contribution in [3.05, 3.63) is 23.1 Å². The molecule has 1 unspecified atom stereocenters. The molecule has 0 amide bonds. The molecule has 3 N–H and O–H groups in total. The predicted molar refractivity (Wildman–Crippen MR) is 49.1 cm³/mol. The third-order valence-electron chi connectivity index (χ3n) is 1.61. The fraction of sp³-hybridized carbons (Fsp3) is 0.500. The van der Waals surface area contributed by atoms with Gasteiger partial charge in [-0.15, -0.1) is 0 Å². The van der Waals surface area contributed by atoms with Gasteiger partial charge < -0.3 is 15.5 Å². The van der Waals surface area contributed by atoms with E-state index in [0.717, 1.165) is 5.76 Å². The van der Waals surface area contributed by atoms with Gasteiger partial charge >= 0.3 is 0 Å². The number of hydrogen-bond acceptors (Lipinski definition) is 3. The van der Waals surface area contributed by atoms with Gasteiger partial charge in [-0.1, -0.05) is 0 Å². The van der Waals surface area contributed by atoms with E-state index in [2.05, 4.69) is 5.32 Å². The molecule has 0 bridgehead atoms. The summed E-state index contributed by atoms with van der Waals surface area (Å²) in [6, 6.07) is 3.87. The van der Waals surface area contributed by atoms with Crippen LogP contribution in [0.5, 0.6) is 0 Å². The van der Waals surface area contributed by atoms with Crippen LogP contribution in [-0.4, -0.2) is 12.6 Å². The lowest BCUT2D eigenvalue weighted by molar-refractivity contribution is 0.458. The standard InChI is InChI=1S/C8H13ClN2O/c1-6(4-10)11-5-7-2-3-8(9)12-7/h2-3,6,11H,4-5,10H2,1H3. The largest absolute Gasteiger partial charge is 0.448 e. The maximum atomic E-state index is 5.59. The van der Waals surface area contributed by atoms with Gasteiger partial charge in [-0.25, -0.2) is 0 Å². The first-order valence-corrected chi connectivity index (χ1v) is 4.28. The molecule has 0 aromatic carbocycles. The van der Waals surface area contributed by atoms with Crippen LogP contribution in [0.3, 0.4) is 0 Å². The first kappa shape index (κ1) is 9.58. The number of nitrogens with one attached hydrogen (secondary N) is 1. The molecule has 1 rings (SSSR count). The maximum Gasteiger partial charge on any atom is 0.193 e. The van der Waals surface area contributed by atoms with Crippen molar-refractivity contribution in [3.8, 4) is 0 Å². The van der Waals surface area contributed by atoms with E-state index in [0.29, 0.717) is 24.4 Å². The Hall–Kier alpha value is -0.510. The molecule has 0 fully saturated rings. The van der Waals surface area contributed by atoms with Crippen molar-refractivity contribution in [2.75, 3.05) is 6.54 Å². The molecule has 0 aliphatic rings. The van der Waals surface area contributed by atoms with Crippen molar-refractivity contribution >= 4 is 11.6 Å². The second-order valence-corrected chi connectivity index (χ2v) is 3.10. The second kappa shape index (κ2) is 4.50. The first-order valence-electron chi connectivity index (χ1n) is 3.90. The Morgan fingerprint density at radius 2 is 2.42 bits per heavy atom. The van der Waals surface area contributed by atoms with Crippen molar-refractivity contribution in [3.63, 3.8) is 0 Å². The zero-order chi connectivity index (χ0) is 8.97. The summed E-state index contributed by atoms with van der Waals surface area (Å²) in [4.78, 5) is 0. The van der Waals surface area contributed by atoms with E-state index in [1.165, 1.54) is 0 Å². The number of furan rings is 1. The molecule has 68 valence electrons. The number of hydrogen-bond donors (Lipinski definition) is 2. The summed E-state index contributed by atoms with van der Waals surface area (Å²) in [6.45, 7) is 3.31. The van der Waals surface area contributed by atoms with E-state index in [4.69, 9.17) is 21.8 Å². The highest BCUT2D eigenvalue weighted by Gasteiger charge is 2.01. The van der Waals surface area contributed by atoms with Crippen LogP contribution >= 0.6 is 11.6 Å². The smallest absolute Gasteiger partial charge is 0.193 e. The number of nitrogens with two attached hydrogens (primary N) is 1. The second-order valence-electron chi connectivity index (χ2n) is 2.72. The van der Waals surface area contributed by atoms with Gasteiger partial charge in [0.05, 0.1) is 6.54 Å². The normalized spacial score (nSPS) is 13.2. The minimum Gasteiger partial charge on any atom is -0.448 e. The Bertz CT molecular complexity index is 237. The molecule has 4 heteroatoms. The Kier molecular flexibility index (Phi) is 3.59. The van der Waals surface area contributed by atoms with E-state index in [-0.39, 0.29) is 0 Å². The van der Waals surface area contributed by atoms with Gasteiger partial charge in [0.25, 0.3) is 0 Å². The summed E-state index contributed by atoms with van der Waals surface area (Å²) in [5, 5.41) is 3.61. The SMILES string of the molecule is CC(CN)NCc1ccc(Cl)o1. The van der Waals surface area contributed by atoms with E-state index < -0.39 is 0 Å². The van der Waals surface area contributed by atoms with Crippen LogP contribution in [0, 0.1) is 0 Å². The predicted octanol–water partition coefficient (Wildman–Crippen LogP) is 1.37. The van der Waals surface area contributed by atoms with Crippen LogP contribution in [0.4, 0.5) is 0 Å². The molecule has 0 aliphatic heterocycles. The monoisotopic (exact) mass is 188 g/mol. The molecule has 1 aromatic rings. The van der Waals surface area contributed by atoms with Gasteiger partial charge in [0.15, 0.2) is 5.22 Å². The highest BCUT2D eigenvalue weighted by atomic mass is 35.5. The van der Waals surface area contributed by atoms with Crippen LogP contribution < -0.4 is 11.1 Å². The van der Waals surface area contributed by atoms with Crippen molar-refractivity contribution in [1.29, 1.82) is 0 Å². The lowest BCUT2D eigenvalue weighted by Gasteiger charge is -2.08. The minimum atomic E-state index is 0.300. The molecule has 12 heavy (non-hydrogen) atoms. The van der Waals surface area contributed by atoms with Crippen LogP contribution in [0.15, 0.2) is 16.5 Å². The summed E-state index contributed by atoms with van der Waals surface area (Å²) in [5.41, 5.74) is 5.42. The molecule has 1 aromatic heterocycles. The molecule has 0 aliphatic carbocycles. The zero-order valence-corrected chi connectivity index (χ0v) is 7.77. The Morgan fingerprint density at radius 1 is 1.67 bits per heavy atom. The highest BCUT2D eigenvalue weighted by molar-refractivity contribution is 6.28. The summed E-state index contributed by atoms with van der Waals surface area (Å²) in [7, 11) is 0. The van der Waals surface area contributed by atoms with E-state index in [1.54, 1.807) is 6.07 Å². The summed E-state index contributed by atoms with van der Waals surface area (Å²) in [5.74, 6) is 0.834. The van der Waals surface area contributed by atoms with Gasteiger partial charge in [-0.3, -0.25) is 0 Å². The van der Waals surface area contributed by atoms with Crippen molar-refractivity contribution in [1.82, 2.24) is 5.32 Å². The molecular weight excluding hydrogens is 176 g/mol. The zero-order valence-electron chi connectivity index (χ0n) is 7.01. The molecule has 0 spiro atoms. The molecule has 1 atom stereocenters. The van der Waals surface area contributed by atoms with Crippen molar-refractivity contribution in [2.24, 2.45) is 5.73 Å². The third-order valence-corrected chi connectivity index (χ3v) is 1.81. The van der Waals surface area contributed by atoms with E-state index >= 15 is 0 Å². The molecule has 0 saturated heterocycles. The maximum absolute atomic E-state index is 5.59. The van der Waals surface area contributed by atoms with E-state index in [9.17, 15) is 0 Å². The van der Waals surface area contributed by atoms with Crippen molar-refractivity contribution in [2.45, 2.75) is 19.5 Å². The summed E-state index contributed by atoms with van der Waals surface area (Å²) in [6.07, 6.45) is 0. The van der Waals surface area contributed by atoms with Crippen molar-refractivity contribution < 1.29 is 4.42 Å². The average molecular weight is 189 g/mol. The van der Waals surface area contributed by atoms with Gasteiger partial charge in [0.1, 0.15) is 5.76 Å². The van der Waals surface area contributed by atoms with Gasteiger partial charge in [0, 0.05) is 12.6 Å². The quantitative estimate of drug-likeness (QED) is 0.751. The summed E-state index contributed by atoms with van der Waals surface area (Å²) < 4.78 is 5.14. The topological polar surface area (TPSA) is 51.2 Å². The molecule has 3 nitrogen and oxygen atoms in total. The molecule has 1 heterocycles. The molecular formula is C8H13ClN2O. The first-order chi connectivity index (χ1) is 5.72. The Morgan fingerprint density at radius 3 is 2.92 bits per heavy atom. The van der Waals surface area contributed by atoms with Gasteiger partial charge in [-0.2, -0.15) is 0 Å². The Labute approximate surface area is 76.9 Å². The van der Waals surface area contributed by atoms with Crippen LogP contribution in [0.2, 0.25) is 5.22 Å². The fourth-order valence-electron chi connectivity index (χ4n) is 0.805. The minimum absolute atomic E-state index is 0.300. The lowest BCUT2D eigenvalue weighted by atomic mass is 10.3. The van der Waals surface area contributed by atoms with Crippen LogP contribution in [0.25, 0.3) is 0 Å². The molecule has 0 saturated carbocycles. The average Bonchev–Trinajstić information content (AvgIpc) is 2.47. The number of rotatable bonds is 4. The number of halogens is 1. The fourth-order valence-corrected chi connectivity index (χ4v) is 0.967. The Balaban J connectivity index is 2.33. The van der Waals surface area contributed by atoms with Crippen LogP contribution in [0.1, 0.15) is 12.7 Å². The van der Waals surface area contributed by atoms with Crippen LogP contribution in [-0.2, 0) is 6.54 Å². The van der Waals surface area contributed by atoms with E-state index in [1.807, 2.05) is 13.0 Å². The van der Waals surface area contributed by atoms with Gasteiger partial charge in [-0.05, 0) is 30.7 Å².